The van der Waals surface area contributed by atoms with Crippen LogP contribution in [0.15, 0.2) is 36.4 Å². The van der Waals surface area contributed by atoms with Crippen LogP contribution in [0.5, 0.6) is 0 Å². The summed E-state index contributed by atoms with van der Waals surface area (Å²) in [6, 6.07) is 5.67. The first-order valence-electron chi connectivity index (χ1n) is 6.99. The Bertz CT molecular complexity index is 755. The van der Waals surface area contributed by atoms with Crippen LogP contribution in [0.2, 0.25) is 0 Å². The van der Waals surface area contributed by atoms with Gasteiger partial charge in [-0.15, -0.1) is 0 Å². The maximum absolute atomic E-state index is 12.7. The summed E-state index contributed by atoms with van der Waals surface area (Å²) in [5, 5.41) is 11.0. The number of carboxylic acids is 1. The van der Waals surface area contributed by atoms with Gasteiger partial charge in [-0.05, 0) is 24.6 Å². The quantitative estimate of drug-likeness (QED) is 0.561. The highest BCUT2D eigenvalue weighted by atomic mass is 16.5. The minimum Gasteiger partial charge on any atom is -0.545 e. The van der Waals surface area contributed by atoms with Gasteiger partial charge in [0.25, 0.3) is 0 Å². The molecule has 4 rings (SSSR count). The van der Waals surface area contributed by atoms with E-state index in [2.05, 4.69) is 0 Å². The molecule has 3 aliphatic rings. The molecule has 3 heterocycles. The molecule has 2 bridgehead atoms. The van der Waals surface area contributed by atoms with Gasteiger partial charge in [0.2, 0.25) is 11.8 Å². The van der Waals surface area contributed by atoms with E-state index in [1.54, 1.807) is 13.0 Å². The number of hydrogen-bond acceptors (Lipinski definition) is 5. The SMILES string of the molecule is C[C@@]12C=C[C@@H](O1)[C@H]1C(=O)N(c3cccc(C(=O)[O-])c3)C(=O)[C@@H]12. The number of fused-ring (bicyclic) bond motifs is 5. The molecule has 6 heteroatoms. The van der Waals surface area contributed by atoms with Crippen molar-refractivity contribution in [3.63, 3.8) is 0 Å². The Kier molecular flexibility index (Phi) is 2.43. The highest BCUT2D eigenvalue weighted by Crippen LogP contribution is 2.52. The molecule has 0 unspecified atom stereocenters. The third-order valence-electron chi connectivity index (χ3n) is 4.67. The second-order valence-corrected chi connectivity index (χ2v) is 5.98. The molecule has 0 N–H and O–H groups in total. The van der Waals surface area contributed by atoms with Gasteiger partial charge in [-0.1, -0.05) is 24.3 Å². The fraction of sp³-hybridized carbons (Fsp3) is 0.312. The number of ether oxygens (including phenoxy) is 1. The Morgan fingerprint density at radius 3 is 2.77 bits per heavy atom. The first-order valence-corrected chi connectivity index (χ1v) is 6.99. The summed E-state index contributed by atoms with van der Waals surface area (Å²) in [6.45, 7) is 1.79. The second kappa shape index (κ2) is 4.04. The summed E-state index contributed by atoms with van der Waals surface area (Å²) in [4.78, 5) is 37.4. The lowest BCUT2D eigenvalue weighted by Crippen LogP contribution is -2.38. The lowest BCUT2D eigenvalue weighted by molar-refractivity contribution is -0.255. The Hall–Kier alpha value is -2.47. The van der Waals surface area contributed by atoms with Gasteiger partial charge < -0.3 is 14.6 Å². The maximum Gasteiger partial charge on any atom is 0.241 e. The van der Waals surface area contributed by atoms with Crippen LogP contribution in [0.1, 0.15) is 17.3 Å². The molecule has 0 saturated carbocycles. The van der Waals surface area contributed by atoms with Crippen molar-refractivity contribution in [2.24, 2.45) is 11.8 Å². The molecule has 0 aromatic heterocycles. The fourth-order valence-corrected chi connectivity index (χ4v) is 3.68. The lowest BCUT2D eigenvalue weighted by Gasteiger charge is -2.24. The third kappa shape index (κ3) is 1.50. The van der Waals surface area contributed by atoms with Crippen molar-refractivity contribution >= 4 is 23.5 Å². The summed E-state index contributed by atoms with van der Waals surface area (Å²) in [5.74, 6) is -3.13. The Morgan fingerprint density at radius 2 is 2.09 bits per heavy atom. The molecule has 3 aliphatic heterocycles. The molecule has 2 amide bonds. The van der Waals surface area contributed by atoms with Gasteiger partial charge >= 0.3 is 0 Å². The highest BCUT2D eigenvalue weighted by molar-refractivity contribution is 6.23. The number of anilines is 1. The lowest BCUT2D eigenvalue weighted by atomic mass is 9.78. The van der Waals surface area contributed by atoms with Crippen LogP contribution in [0, 0.1) is 11.8 Å². The van der Waals surface area contributed by atoms with Gasteiger partial charge in [-0.2, -0.15) is 0 Å². The predicted octanol–water partition coefficient (Wildman–Crippen LogP) is -0.117. The Labute approximate surface area is 126 Å². The van der Waals surface area contributed by atoms with Crippen molar-refractivity contribution < 1.29 is 24.2 Å². The molecule has 0 radical (unpaired) electrons. The van der Waals surface area contributed by atoms with E-state index in [1.807, 2.05) is 12.2 Å². The monoisotopic (exact) mass is 298 g/mol. The smallest absolute Gasteiger partial charge is 0.241 e. The van der Waals surface area contributed by atoms with Crippen LogP contribution < -0.4 is 10.0 Å². The molecule has 2 fully saturated rings. The number of benzene rings is 1. The highest BCUT2D eigenvalue weighted by Gasteiger charge is 2.66. The number of imide groups is 1. The second-order valence-electron chi connectivity index (χ2n) is 5.98. The number of carbonyl (C=O) groups excluding carboxylic acids is 3. The summed E-state index contributed by atoms with van der Waals surface area (Å²) in [7, 11) is 0. The maximum atomic E-state index is 12.7. The number of hydrogen-bond donors (Lipinski definition) is 0. The van der Waals surface area contributed by atoms with Crippen LogP contribution in [0.25, 0.3) is 0 Å². The largest absolute Gasteiger partial charge is 0.545 e. The van der Waals surface area contributed by atoms with Crippen LogP contribution in [0.3, 0.4) is 0 Å². The van der Waals surface area contributed by atoms with Gasteiger partial charge in [-0.25, -0.2) is 4.90 Å². The van der Waals surface area contributed by atoms with E-state index in [-0.39, 0.29) is 29.2 Å². The van der Waals surface area contributed by atoms with Gasteiger partial charge in [0, 0.05) is 0 Å². The van der Waals surface area contributed by atoms with Crippen molar-refractivity contribution in [1.82, 2.24) is 0 Å². The van der Waals surface area contributed by atoms with Crippen molar-refractivity contribution in [1.29, 1.82) is 0 Å². The summed E-state index contributed by atoms with van der Waals surface area (Å²) in [5.41, 5.74) is -0.573. The zero-order valence-electron chi connectivity index (χ0n) is 11.7. The fourth-order valence-electron chi connectivity index (χ4n) is 3.68. The molecule has 0 aliphatic carbocycles. The molecule has 2 saturated heterocycles. The molecule has 1 aromatic carbocycles. The average Bonchev–Trinajstić information content (AvgIpc) is 3.08. The standard InChI is InChI=1S/C16H13NO5/c1-16-6-5-10(22-16)11-12(16)14(19)17(13(11)18)9-4-2-3-8(7-9)15(20)21/h2-7,10-12H,1H3,(H,20,21)/p-1/t10-,11-,12-,16+/m1/s1. The number of amides is 2. The normalized spacial score (nSPS) is 35.3. The Morgan fingerprint density at radius 1 is 1.32 bits per heavy atom. The minimum absolute atomic E-state index is 0.0706. The van der Waals surface area contributed by atoms with Crippen molar-refractivity contribution in [3.05, 3.63) is 42.0 Å². The number of aromatic carboxylic acids is 1. The van der Waals surface area contributed by atoms with Gasteiger partial charge in [0.05, 0.1) is 35.2 Å². The van der Waals surface area contributed by atoms with Crippen LogP contribution in [-0.4, -0.2) is 29.5 Å². The zero-order chi connectivity index (χ0) is 15.6. The number of nitrogens with zero attached hydrogens (tertiary/aromatic N) is 1. The van der Waals surface area contributed by atoms with Crippen LogP contribution in [0.4, 0.5) is 5.69 Å². The first-order chi connectivity index (χ1) is 10.4. The summed E-state index contributed by atoms with van der Waals surface area (Å²) < 4.78 is 5.73. The molecule has 22 heavy (non-hydrogen) atoms. The minimum atomic E-state index is -1.35. The Balaban J connectivity index is 1.77. The predicted molar refractivity (Wildman–Crippen MR) is 72.7 cm³/mol. The van der Waals surface area contributed by atoms with E-state index < -0.39 is 23.4 Å². The number of rotatable bonds is 2. The van der Waals surface area contributed by atoms with Crippen LogP contribution >= 0.6 is 0 Å². The third-order valence-corrected chi connectivity index (χ3v) is 4.67. The van der Waals surface area contributed by atoms with E-state index >= 15 is 0 Å². The van der Waals surface area contributed by atoms with E-state index in [4.69, 9.17) is 4.74 Å². The topological polar surface area (TPSA) is 86.7 Å². The van der Waals surface area contributed by atoms with E-state index in [0.717, 1.165) is 4.90 Å². The van der Waals surface area contributed by atoms with Crippen molar-refractivity contribution in [2.45, 2.75) is 18.6 Å². The first kappa shape index (κ1) is 13.2. The van der Waals surface area contributed by atoms with Gasteiger partial charge in [0.15, 0.2) is 0 Å². The summed E-state index contributed by atoms with van der Waals surface area (Å²) in [6.07, 6.45) is 3.25. The summed E-state index contributed by atoms with van der Waals surface area (Å²) >= 11 is 0. The molecule has 4 atom stereocenters. The van der Waals surface area contributed by atoms with Crippen LogP contribution in [-0.2, 0) is 14.3 Å². The molecule has 0 spiro atoms. The molecular formula is C16H12NO5-. The van der Waals surface area contributed by atoms with Crippen molar-refractivity contribution in [2.75, 3.05) is 4.90 Å². The average molecular weight is 298 g/mol. The van der Waals surface area contributed by atoms with E-state index in [0.29, 0.717) is 0 Å². The van der Waals surface area contributed by atoms with Gasteiger partial charge in [0.1, 0.15) is 0 Å². The molecule has 112 valence electrons. The number of carboxylic acid groups (broad SMARTS) is 1. The van der Waals surface area contributed by atoms with Crippen molar-refractivity contribution in [3.8, 4) is 0 Å². The molecule has 6 nitrogen and oxygen atoms in total. The molecule has 1 aromatic rings. The molecular weight excluding hydrogens is 286 g/mol. The number of carbonyl (C=O) groups is 3. The van der Waals surface area contributed by atoms with E-state index in [9.17, 15) is 19.5 Å². The van der Waals surface area contributed by atoms with E-state index in [1.165, 1.54) is 18.2 Å². The zero-order valence-corrected chi connectivity index (χ0v) is 11.7. The van der Waals surface area contributed by atoms with Gasteiger partial charge in [-0.3, -0.25) is 9.59 Å².